The lowest BCUT2D eigenvalue weighted by Crippen LogP contribution is -2.40. The quantitative estimate of drug-likeness (QED) is 0.836. The Kier molecular flexibility index (Phi) is 4.82. The van der Waals surface area contributed by atoms with Gasteiger partial charge in [-0.1, -0.05) is 12.1 Å². The summed E-state index contributed by atoms with van der Waals surface area (Å²) in [5, 5.41) is 2.90. The summed E-state index contributed by atoms with van der Waals surface area (Å²) in [6.07, 6.45) is 3.81. The van der Waals surface area contributed by atoms with Crippen LogP contribution in [0.4, 0.5) is 5.13 Å². The second-order valence-electron chi connectivity index (χ2n) is 5.09. The molecule has 3 rings (SSSR count). The molecule has 1 N–H and O–H groups in total. The van der Waals surface area contributed by atoms with Gasteiger partial charge >= 0.3 is 0 Å². The Morgan fingerprint density at radius 3 is 2.95 bits per heavy atom. The number of rotatable bonds is 5. The largest absolute Gasteiger partial charge is 0.344 e. The van der Waals surface area contributed by atoms with Gasteiger partial charge in [0.25, 0.3) is 0 Å². The van der Waals surface area contributed by atoms with Crippen molar-refractivity contribution in [1.29, 1.82) is 0 Å². The number of hydrogen-bond donors (Lipinski definition) is 1. The van der Waals surface area contributed by atoms with Crippen molar-refractivity contribution >= 4 is 42.4 Å². The van der Waals surface area contributed by atoms with Crippen molar-refractivity contribution in [3.05, 3.63) is 40.3 Å². The predicted octanol–water partition coefficient (Wildman–Crippen LogP) is 2.85. The normalized spacial score (nSPS) is 18.8. The monoisotopic (exact) mass is 401 g/mol. The van der Waals surface area contributed by atoms with Gasteiger partial charge in [-0.05, 0) is 40.9 Å². The molecule has 1 aliphatic heterocycles. The average Bonchev–Trinajstić information content (AvgIpc) is 3.16. The number of aromatic nitrogens is 1. The van der Waals surface area contributed by atoms with Gasteiger partial charge in [-0.15, -0.1) is 11.3 Å². The number of hydrogen-bond acceptors (Lipinski definition) is 5. The van der Waals surface area contributed by atoms with E-state index in [0.29, 0.717) is 11.0 Å². The fourth-order valence-electron chi connectivity index (χ4n) is 2.60. The molecule has 0 spiro atoms. The number of sulfonamides is 1. The minimum Gasteiger partial charge on any atom is -0.344 e. The maximum Gasteiger partial charge on any atom is 0.241 e. The van der Waals surface area contributed by atoms with E-state index in [0.717, 1.165) is 24.5 Å². The van der Waals surface area contributed by atoms with E-state index in [2.05, 4.69) is 30.5 Å². The Balaban J connectivity index is 1.70. The van der Waals surface area contributed by atoms with Crippen LogP contribution in [0.3, 0.4) is 0 Å². The Hall–Kier alpha value is -0.960. The van der Waals surface area contributed by atoms with Crippen molar-refractivity contribution in [2.75, 3.05) is 18.0 Å². The van der Waals surface area contributed by atoms with Crippen molar-refractivity contribution < 1.29 is 8.42 Å². The van der Waals surface area contributed by atoms with E-state index in [1.807, 2.05) is 5.38 Å². The smallest absolute Gasteiger partial charge is 0.241 e. The molecule has 0 amide bonds. The van der Waals surface area contributed by atoms with Crippen LogP contribution in [0.1, 0.15) is 12.8 Å². The van der Waals surface area contributed by atoms with E-state index in [4.69, 9.17) is 0 Å². The number of nitrogens with zero attached hydrogens (tertiary/aromatic N) is 2. The zero-order valence-corrected chi connectivity index (χ0v) is 15.0. The van der Waals surface area contributed by atoms with Crippen LogP contribution in [-0.4, -0.2) is 32.5 Å². The first-order valence-electron chi connectivity index (χ1n) is 6.98. The molecule has 1 fully saturated rings. The summed E-state index contributed by atoms with van der Waals surface area (Å²) in [5.41, 5.74) is 0. The maximum atomic E-state index is 12.4. The second-order valence-corrected chi connectivity index (χ2v) is 8.55. The molecule has 1 aromatic heterocycles. The van der Waals surface area contributed by atoms with Crippen molar-refractivity contribution in [3.8, 4) is 0 Å². The van der Waals surface area contributed by atoms with Gasteiger partial charge in [-0.3, -0.25) is 0 Å². The fourth-order valence-corrected chi connectivity index (χ4v) is 5.42. The Bertz CT molecular complexity index is 734. The van der Waals surface area contributed by atoms with Crippen LogP contribution in [-0.2, 0) is 10.0 Å². The minimum absolute atomic E-state index is 0.156. The summed E-state index contributed by atoms with van der Waals surface area (Å²) >= 11 is 4.88. The molecular formula is C14H16BrN3O2S2. The number of anilines is 1. The van der Waals surface area contributed by atoms with Gasteiger partial charge in [0.15, 0.2) is 5.13 Å². The molecule has 1 aromatic carbocycles. The van der Waals surface area contributed by atoms with Crippen molar-refractivity contribution in [2.45, 2.75) is 23.8 Å². The first-order chi connectivity index (χ1) is 10.6. The molecule has 2 aromatic rings. The molecule has 118 valence electrons. The van der Waals surface area contributed by atoms with Crippen molar-refractivity contribution in [2.24, 2.45) is 0 Å². The summed E-state index contributed by atoms with van der Waals surface area (Å²) < 4.78 is 28.2. The summed E-state index contributed by atoms with van der Waals surface area (Å²) in [5.74, 6) is 0. The van der Waals surface area contributed by atoms with Crippen molar-refractivity contribution in [3.63, 3.8) is 0 Å². The molecule has 2 heterocycles. The van der Waals surface area contributed by atoms with Crippen LogP contribution in [0, 0.1) is 0 Å². The number of thiazole rings is 1. The van der Waals surface area contributed by atoms with E-state index >= 15 is 0 Å². The highest BCUT2D eigenvalue weighted by molar-refractivity contribution is 9.10. The molecule has 1 aliphatic rings. The standard InChI is InChI=1S/C14H16BrN3O2S2/c15-12-5-1-2-6-13(12)22(19,20)17-10-11-4-3-8-18(11)14-16-7-9-21-14/h1-2,5-7,9,11,17H,3-4,8,10H2. The summed E-state index contributed by atoms with van der Waals surface area (Å²) in [7, 11) is -3.51. The van der Waals surface area contributed by atoms with Crippen LogP contribution in [0.2, 0.25) is 0 Å². The highest BCUT2D eigenvalue weighted by Gasteiger charge is 2.28. The minimum atomic E-state index is -3.51. The van der Waals surface area contributed by atoms with Crippen LogP contribution < -0.4 is 9.62 Å². The van der Waals surface area contributed by atoms with Crippen LogP contribution >= 0.6 is 27.3 Å². The summed E-state index contributed by atoms with van der Waals surface area (Å²) in [6, 6.07) is 7.00. The van der Waals surface area contributed by atoms with Crippen LogP contribution in [0.25, 0.3) is 0 Å². The van der Waals surface area contributed by atoms with Crippen molar-refractivity contribution in [1.82, 2.24) is 9.71 Å². The van der Waals surface area contributed by atoms with Crippen LogP contribution in [0.15, 0.2) is 45.2 Å². The van der Waals surface area contributed by atoms with E-state index < -0.39 is 10.0 Å². The lowest BCUT2D eigenvalue weighted by molar-refractivity contribution is 0.566. The van der Waals surface area contributed by atoms with Gasteiger partial charge < -0.3 is 4.90 Å². The van der Waals surface area contributed by atoms with Gasteiger partial charge in [-0.25, -0.2) is 18.1 Å². The molecule has 22 heavy (non-hydrogen) atoms. The third kappa shape index (κ3) is 3.34. The van der Waals surface area contributed by atoms with E-state index in [1.54, 1.807) is 41.8 Å². The molecule has 1 atom stereocenters. The highest BCUT2D eigenvalue weighted by atomic mass is 79.9. The third-order valence-electron chi connectivity index (χ3n) is 3.68. The lowest BCUT2D eigenvalue weighted by Gasteiger charge is -2.24. The molecule has 8 heteroatoms. The van der Waals surface area contributed by atoms with Gasteiger partial charge in [0.2, 0.25) is 10.0 Å². The first kappa shape index (κ1) is 15.9. The number of benzene rings is 1. The summed E-state index contributed by atoms with van der Waals surface area (Å²) in [4.78, 5) is 6.78. The zero-order chi connectivity index (χ0) is 15.6. The Morgan fingerprint density at radius 1 is 1.41 bits per heavy atom. The topological polar surface area (TPSA) is 62.3 Å². The van der Waals surface area contributed by atoms with Gasteiger partial charge in [0, 0.05) is 35.2 Å². The van der Waals surface area contributed by atoms with Gasteiger partial charge in [0.1, 0.15) is 0 Å². The van der Waals surface area contributed by atoms with E-state index in [-0.39, 0.29) is 10.9 Å². The number of nitrogens with one attached hydrogen (secondary N) is 1. The first-order valence-corrected chi connectivity index (χ1v) is 10.1. The highest BCUT2D eigenvalue weighted by Crippen LogP contribution is 2.27. The molecule has 0 aliphatic carbocycles. The van der Waals surface area contributed by atoms with E-state index in [1.165, 1.54) is 0 Å². The van der Waals surface area contributed by atoms with E-state index in [9.17, 15) is 8.42 Å². The molecule has 0 bridgehead atoms. The molecule has 0 saturated carbocycles. The lowest BCUT2D eigenvalue weighted by atomic mass is 10.2. The van der Waals surface area contributed by atoms with Gasteiger partial charge in [0.05, 0.1) is 4.90 Å². The third-order valence-corrected chi connectivity index (χ3v) is 6.92. The molecule has 1 unspecified atom stereocenters. The van der Waals surface area contributed by atoms with Crippen LogP contribution in [0.5, 0.6) is 0 Å². The molecule has 0 radical (unpaired) electrons. The number of halogens is 1. The molecule has 1 saturated heterocycles. The van der Waals surface area contributed by atoms with Gasteiger partial charge in [-0.2, -0.15) is 0 Å². The maximum absolute atomic E-state index is 12.4. The zero-order valence-electron chi connectivity index (χ0n) is 11.8. The second kappa shape index (κ2) is 6.66. The Morgan fingerprint density at radius 2 is 2.23 bits per heavy atom. The molecular weight excluding hydrogens is 386 g/mol. The molecule has 5 nitrogen and oxygen atoms in total. The summed E-state index contributed by atoms with van der Waals surface area (Å²) in [6.45, 7) is 1.32. The Labute approximate surface area is 142 Å². The predicted molar refractivity (Wildman–Crippen MR) is 91.8 cm³/mol. The fraction of sp³-hybridized carbons (Fsp3) is 0.357. The average molecular weight is 402 g/mol. The SMILES string of the molecule is O=S(=O)(NCC1CCCN1c1nccs1)c1ccccc1Br.